The zero-order chi connectivity index (χ0) is 30.8. The fourth-order valence-corrected chi connectivity index (χ4v) is 4.38. The number of amides is 2. The van der Waals surface area contributed by atoms with Gasteiger partial charge in [-0.2, -0.15) is 13.2 Å². The second kappa shape index (κ2) is 12.0. The Morgan fingerprint density at radius 2 is 1.83 bits per heavy atom. The first-order valence-corrected chi connectivity index (χ1v) is 12.7. The van der Waals surface area contributed by atoms with Crippen LogP contribution in [0.5, 0.6) is 5.75 Å². The Hall–Kier alpha value is -4.72. The average molecular weight is 607 g/mol. The fraction of sp³-hybridized carbons (Fsp3) is 0.222. The molecule has 0 aliphatic carbocycles. The third-order valence-corrected chi connectivity index (χ3v) is 6.52. The lowest BCUT2D eigenvalue weighted by molar-refractivity contribution is -0.141. The summed E-state index contributed by atoms with van der Waals surface area (Å²) in [5.74, 6) is -1.99. The fourth-order valence-electron chi connectivity index (χ4n) is 4.21. The van der Waals surface area contributed by atoms with Gasteiger partial charge in [-0.1, -0.05) is 23.7 Å². The van der Waals surface area contributed by atoms with Crippen LogP contribution in [0.3, 0.4) is 0 Å². The molecule has 0 saturated carbocycles. The molecule has 0 saturated heterocycles. The first-order chi connectivity index (χ1) is 19.9. The number of aromatic nitrogens is 4. The van der Waals surface area contributed by atoms with E-state index in [0.29, 0.717) is 6.20 Å². The average Bonchev–Trinajstić information content (AvgIpc) is 3.45. The van der Waals surface area contributed by atoms with E-state index < -0.39 is 41.1 Å². The van der Waals surface area contributed by atoms with Crippen LogP contribution < -0.4 is 20.9 Å². The molecule has 2 aromatic heterocycles. The number of anilines is 1. The Labute approximate surface area is 240 Å². The first kappa shape index (κ1) is 30.2. The molecule has 220 valence electrons. The predicted octanol–water partition coefficient (Wildman–Crippen LogP) is 4.87. The van der Waals surface area contributed by atoms with Crippen molar-refractivity contribution >= 4 is 29.1 Å². The highest BCUT2D eigenvalue weighted by atomic mass is 35.5. The van der Waals surface area contributed by atoms with Gasteiger partial charge in [0.05, 0.1) is 30.9 Å². The lowest BCUT2D eigenvalue weighted by Crippen LogP contribution is -2.33. The van der Waals surface area contributed by atoms with Crippen LogP contribution in [0, 0.1) is 5.82 Å². The summed E-state index contributed by atoms with van der Waals surface area (Å²) in [6.07, 6.45) is -2.65. The van der Waals surface area contributed by atoms with Crippen molar-refractivity contribution in [2.45, 2.75) is 25.6 Å². The summed E-state index contributed by atoms with van der Waals surface area (Å²) in [6.45, 7) is 1.64. The summed E-state index contributed by atoms with van der Waals surface area (Å²) >= 11 is 6.18. The highest BCUT2D eigenvalue weighted by Crippen LogP contribution is 2.36. The molecule has 0 unspecified atom stereocenters. The molecule has 2 N–H and O–H groups in total. The highest BCUT2D eigenvalue weighted by molar-refractivity contribution is 6.31. The number of benzene rings is 2. The summed E-state index contributed by atoms with van der Waals surface area (Å²) in [6, 6.07) is 7.82. The third-order valence-electron chi connectivity index (χ3n) is 6.28. The number of hydrogen-bond acceptors (Lipinski definition) is 6. The topological polar surface area (TPSA) is 120 Å². The van der Waals surface area contributed by atoms with Crippen LogP contribution in [-0.4, -0.2) is 45.5 Å². The van der Waals surface area contributed by atoms with Crippen molar-refractivity contribution in [1.29, 1.82) is 0 Å². The van der Waals surface area contributed by atoms with Gasteiger partial charge in [0.25, 0.3) is 11.5 Å². The number of halogens is 5. The smallest absolute Gasteiger partial charge is 0.436 e. The van der Waals surface area contributed by atoms with Crippen LogP contribution in [-0.2, 0) is 11.0 Å². The molecule has 0 spiro atoms. The number of methoxy groups -OCH3 is 1. The van der Waals surface area contributed by atoms with Crippen LogP contribution in [0.2, 0.25) is 5.02 Å². The van der Waals surface area contributed by atoms with Crippen LogP contribution in [0.4, 0.5) is 23.2 Å². The Morgan fingerprint density at radius 3 is 2.43 bits per heavy atom. The molecule has 0 aliphatic heterocycles. The Morgan fingerprint density at radius 1 is 1.10 bits per heavy atom. The lowest BCUT2D eigenvalue weighted by atomic mass is 10.0. The maximum Gasteiger partial charge on any atom is 0.436 e. The van der Waals surface area contributed by atoms with Crippen molar-refractivity contribution in [3.63, 3.8) is 0 Å². The first-order valence-electron chi connectivity index (χ1n) is 12.3. The predicted molar refractivity (Wildman–Crippen MR) is 145 cm³/mol. The summed E-state index contributed by atoms with van der Waals surface area (Å²) in [4.78, 5) is 38.2. The number of nitrogens with one attached hydrogen (secondary N) is 2. The number of carbonyl (C=O) groups excluding carboxylic acids is 2. The van der Waals surface area contributed by atoms with Gasteiger partial charge in [0.2, 0.25) is 5.91 Å². The number of ether oxygens (including phenoxy) is 1. The number of carbonyl (C=O) groups is 2. The minimum absolute atomic E-state index is 0.0532. The summed E-state index contributed by atoms with van der Waals surface area (Å²) in [5, 5.41) is 11.8. The van der Waals surface area contributed by atoms with Gasteiger partial charge in [0.1, 0.15) is 17.6 Å². The molecular formula is C27H23ClF4N6O4. The Kier molecular flexibility index (Phi) is 8.66. The molecule has 0 fully saturated rings. The van der Waals surface area contributed by atoms with Gasteiger partial charge in [-0.15, -0.1) is 5.10 Å². The van der Waals surface area contributed by atoms with E-state index in [2.05, 4.69) is 20.9 Å². The van der Waals surface area contributed by atoms with E-state index in [9.17, 15) is 31.9 Å². The van der Waals surface area contributed by atoms with E-state index >= 15 is 0 Å². The SMILES string of the molecule is CC[C@@H](C(=O)Nc1ccc(C(=O)NC)cc1F)n1cc(OC)c(-c2cc(Cl)ccc2-n2cc(C(F)(F)F)nn2)cc1=O. The van der Waals surface area contributed by atoms with Gasteiger partial charge in [-0.3, -0.25) is 19.0 Å². The monoisotopic (exact) mass is 606 g/mol. The summed E-state index contributed by atoms with van der Waals surface area (Å²) in [7, 11) is 2.70. The minimum Gasteiger partial charge on any atom is -0.495 e. The van der Waals surface area contributed by atoms with Crippen molar-refractivity contribution in [1.82, 2.24) is 24.9 Å². The normalized spacial score (nSPS) is 12.1. The van der Waals surface area contributed by atoms with E-state index in [-0.39, 0.29) is 45.3 Å². The minimum atomic E-state index is -4.73. The largest absolute Gasteiger partial charge is 0.495 e. The zero-order valence-corrected chi connectivity index (χ0v) is 23.0. The van der Waals surface area contributed by atoms with Gasteiger partial charge >= 0.3 is 6.18 Å². The van der Waals surface area contributed by atoms with Gasteiger partial charge in [0, 0.05) is 34.8 Å². The van der Waals surface area contributed by atoms with Crippen molar-refractivity contribution in [2.24, 2.45) is 0 Å². The molecule has 0 aliphatic rings. The molecule has 4 aromatic rings. The number of hydrogen-bond donors (Lipinski definition) is 2. The van der Waals surface area contributed by atoms with E-state index in [1.807, 2.05) is 0 Å². The molecule has 4 rings (SSSR count). The maximum atomic E-state index is 14.6. The number of pyridine rings is 1. The van der Waals surface area contributed by atoms with Crippen LogP contribution >= 0.6 is 11.6 Å². The van der Waals surface area contributed by atoms with Gasteiger partial charge < -0.3 is 15.4 Å². The van der Waals surface area contributed by atoms with E-state index in [0.717, 1.165) is 21.4 Å². The van der Waals surface area contributed by atoms with Gasteiger partial charge in [-0.25, -0.2) is 9.07 Å². The maximum absolute atomic E-state index is 14.6. The lowest BCUT2D eigenvalue weighted by Gasteiger charge is -2.21. The number of alkyl halides is 3. The Balaban J connectivity index is 1.73. The van der Waals surface area contributed by atoms with Gasteiger partial charge in [-0.05, 0) is 42.8 Å². The van der Waals surface area contributed by atoms with Crippen molar-refractivity contribution < 1.29 is 31.9 Å². The standard InChI is InChI=1S/C27H23ClF4N6O4/c1-4-20(26(41)34-19-7-5-14(9-18(19)29)25(40)33-2)37-12-22(42-3)17(11-24(37)39)16-10-15(28)6-8-21(16)38-13-23(35-36-38)27(30,31)32/h5-13,20H,4H2,1-3H3,(H,33,40)(H,34,41)/t20-/m0/s1. The van der Waals surface area contributed by atoms with Crippen molar-refractivity contribution in [2.75, 3.05) is 19.5 Å². The van der Waals surface area contributed by atoms with Crippen molar-refractivity contribution in [3.8, 4) is 22.6 Å². The summed E-state index contributed by atoms with van der Waals surface area (Å²) in [5.41, 5.74) is -1.54. The molecular weight excluding hydrogens is 584 g/mol. The molecule has 2 aromatic carbocycles. The molecule has 15 heteroatoms. The van der Waals surface area contributed by atoms with E-state index in [4.69, 9.17) is 16.3 Å². The third kappa shape index (κ3) is 6.12. The molecule has 2 heterocycles. The Bertz CT molecular complexity index is 1720. The second-order valence-corrected chi connectivity index (χ2v) is 9.33. The number of nitrogens with zero attached hydrogens (tertiary/aromatic N) is 4. The van der Waals surface area contributed by atoms with Crippen molar-refractivity contribution in [3.05, 3.63) is 87.3 Å². The van der Waals surface area contributed by atoms with Crippen LogP contribution in [0.25, 0.3) is 16.8 Å². The molecule has 42 heavy (non-hydrogen) atoms. The van der Waals surface area contributed by atoms with E-state index in [1.165, 1.54) is 50.7 Å². The zero-order valence-electron chi connectivity index (χ0n) is 22.3. The van der Waals surface area contributed by atoms with Gasteiger partial charge in [0.15, 0.2) is 5.69 Å². The van der Waals surface area contributed by atoms with Crippen LogP contribution in [0.15, 0.2) is 59.7 Å². The molecule has 2 amide bonds. The van der Waals surface area contributed by atoms with E-state index in [1.54, 1.807) is 6.92 Å². The molecule has 0 bridgehead atoms. The molecule has 1 atom stereocenters. The quantitative estimate of drug-likeness (QED) is 0.276. The summed E-state index contributed by atoms with van der Waals surface area (Å²) < 4.78 is 61.5. The van der Waals surface area contributed by atoms with Crippen LogP contribution in [0.1, 0.15) is 35.4 Å². The molecule has 10 nitrogen and oxygen atoms in total. The highest BCUT2D eigenvalue weighted by Gasteiger charge is 2.35. The molecule has 0 radical (unpaired) electrons. The number of rotatable bonds is 8. The second-order valence-electron chi connectivity index (χ2n) is 8.90.